The van der Waals surface area contributed by atoms with Gasteiger partial charge in [0.25, 0.3) is 17.7 Å². The van der Waals surface area contributed by atoms with Crippen LogP contribution in [0, 0.1) is 16.7 Å². The molecule has 3 aromatic rings. The zero-order valence-electron chi connectivity index (χ0n) is 32.0. The molecule has 5 saturated heterocycles. The standard InChI is InChI=1S/C43H45ClN8O5/c1-27-22-43(26-51(27)32-7-4-29(23-45)36(44)21-32)12-14-47(15-13-43)30-5-2-28(3-6-30)40(55)49-18-16-48(17-19-49)33-24-50(25-33)31-8-9-34-35(20-31)42(57)52(41(34)56)37-10-11-38(53)46-39(37)54/h2-9,20-21,27,33,37H,10-19,22,24-26H2,1H3,(H,46,53,54)/t27-,37?/m1/s1. The Morgan fingerprint density at radius 3 is 2.19 bits per heavy atom. The van der Waals surface area contributed by atoms with Crippen LogP contribution in [0.15, 0.2) is 60.7 Å². The van der Waals surface area contributed by atoms with Crippen molar-refractivity contribution in [1.82, 2.24) is 20.0 Å². The van der Waals surface area contributed by atoms with Gasteiger partial charge in [-0.15, -0.1) is 0 Å². The van der Waals surface area contributed by atoms with Gasteiger partial charge in [0.2, 0.25) is 11.8 Å². The fourth-order valence-corrected chi connectivity index (χ4v) is 10.1. The molecule has 0 aliphatic carbocycles. The number of nitriles is 1. The van der Waals surface area contributed by atoms with E-state index in [2.05, 4.69) is 50.0 Å². The summed E-state index contributed by atoms with van der Waals surface area (Å²) in [4.78, 5) is 76.4. The number of nitrogens with one attached hydrogen (secondary N) is 1. The van der Waals surface area contributed by atoms with Gasteiger partial charge in [0.15, 0.2) is 0 Å². The summed E-state index contributed by atoms with van der Waals surface area (Å²) in [5, 5.41) is 12.0. The van der Waals surface area contributed by atoms with E-state index in [4.69, 9.17) is 11.6 Å². The van der Waals surface area contributed by atoms with Gasteiger partial charge >= 0.3 is 0 Å². The first-order valence-corrected chi connectivity index (χ1v) is 20.3. The molecule has 14 heteroatoms. The van der Waals surface area contributed by atoms with Crippen LogP contribution in [0.4, 0.5) is 17.1 Å². The van der Waals surface area contributed by atoms with E-state index in [1.54, 1.807) is 12.1 Å². The number of carbonyl (C=O) groups is 5. The van der Waals surface area contributed by atoms with Gasteiger partial charge in [0, 0.05) is 100 Å². The highest BCUT2D eigenvalue weighted by molar-refractivity contribution is 6.32. The minimum absolute atomic E-state index is 0.0562. The number of halogens is 1. The fourth-order valence-electron chi connectivity index (χ4n) is 9.88. The second kappa shape index (κ2) is 14.5. The molecule has 294 valence electrons. The molecule has 1 N–H and O–H groups in total. The van der Waals surface area contributed by atoms with E-state index in [1.165, 1.54) is 0 Å². The molecule has 9 rings (SSSR count). The van der Waals surface area contributed by atoms with Crippen LogP contribution in [0.3, 0.4) is 0 Å². The molecule has 5 fully saturated rings. The Labute approximate surface area is 336 Å². The number of fused-ring (bicyclic) bond motifs is 1. The number of imide groups is 2. The minimum Gasteiger partial charge on any atom is -0.371 e. The number of piperidine rings is 2. The van der Waals surface area contributed by atoms with E-state index in [1.807, 2.05) is 41.3 Å². The Kier molecular flexibility index (Phi) is 9.44. The monoisotopic (exact) mass is 788 g/mol. The van der Waals surface area contributed by atoms with Crippen LogP contribution in [-0.2, 0) is 9.59 Å². The predicted octanol–water partition coefficient (Wildman–Crippen LogP) is 4.14. The number of rotatable bonds is 6. The summed E-state index contributed by atoms with van der Waals surface area (Å²) in [5.74, 6) is -1.96. The molecule has 1 spiro atoms. The van der Waals surface area contributed by atoms with Crippen molar-refractivity contribution in [2.75, 3.05) is 73.6 Å². The molecule has 2 atom stereocenters. The second-order valence-corrected chi connectivity index (χ2v) is 17.0. The Morgan fingerprint density at radius 1 is 0.825 bits per heavy atom. The van der Waals surface area contributed by atoms with Gasteiger partial charge in [-0.3, -0.25) is 39.1 Å². The van der Waals surface area contributed by atoms with Crippen molar-refractivity contribution in [2.45, 2.75) is 57.2 Å². The van der Waals surface area contributed by atoms with Gasteiger partial charge in [-0.1, -0.05) is 11.6 Å². The Balaban J connectivity index is 0.741. The summed E-state index contributed by atoms with van der Waals surface area (Å²) in [7, 11) is 0. The first-order chi connectivity index (χ1) is 27.5. The third-order valence-corrected chi connectivity index (χ3v) is 13.6. The highest BCUT2D eigenvalue weighted by atomic mass is 35.5. The normalized spacial score (nSPS) is 23.8. The first-order valence-electron chi connectivity index (χ1n) is 20.0. The predicted molar refractivity (Wildman–Crippen MR) is 215 cm³/mol. The molecule has 1 unspecified atom stereocenters. The average molecular weight is 789 g/mol. The first kappa shape index (κ1) is 37.1. The number of amides is 5. The zero-order valence-corrected chi connectivity index (χ0v) is 32.7. The number of piperazine rings is 1. The highest BCUT2D eigenvalue weighted by Gasteiger charge is 2.46. The van der Waals surface area contributed by atoms with E-state index in [0.717, 1.165) is 87.0 Å². The quantitative estimate of drug-likeness (QED) is 0.363. The van der Waals surface area contributed by atoms with Crippen LogP contribution in [-0.4, -0.2) is 121 Å². The van der Waals surface area contributed by atoms with Gasteiger partial charge in [-0.2, -0.15) is 5.26 Å². The number of hydrogen-bond donors (Lipinski definition) is 1. The molecule has 3 aromatic carbocycles. The number of benzene rings is 3. The fraction of sp³-hybridized carbons (Fsp3) is 0.442. The minimum atomic E-state index is -0.983. The number of hydrogen-bond acceptors (Lipinski definition) is 10. The lowest BCUT2D eigenvalue weighted by Gasteiger charge is -2.49. The maximum Gasteiger partial charge on any atom is 0.262 e. The van der Waals surface area contributed by atoms with Gasteiger partial charge < -0.3 is 19.6 Å². The van der Waals surface area contributed by atoms with Gasteiger partial charge in [0.1, 0.15) is 12.1 Å². The SMILES string of the molecule is C[C@@H]1CC2(CCN(c3ccc(C(=O)N4CCN(C5CN(c6ccc7c(c6)C(=O)N(C6CCC(=O)NC6=O)C7=O)C5)CC4)cc3)CC2)CN1c1ccc(C#N)c(Cl)c1. The lowest BCUT2D eigenvalue weighted by Crippen LogP contribution is -2.63. The van der Waals surface area contributed by atoms with Crippen LogP contribution in [0.25, 0.3) is 0 Å². The summed E-state index contributed by atoms with van der Waals surface area (Å²) in [5.41, 5.74) is 5.10. The second-order valence-electron chi connectivity index (χ2n) is 16.6. The number of anilines is 3. The van der Waals surface area contributed by atoms with Crippen molar-refractivity contribution in [3.05, 3.63) is 87.9 Å². The third-order valence-electron chi connectivity index (χ3n) is 13.2. The average Bonchev–Trinajstić information content (AvgIpc) is 3.65. The van der Waals surface area contributed by atoms with Crippen LogP contribution in [0.2, 0.25) is 5.02 Å². The molecule has 0 bridgehead atoms. The molecule has 0 saturated carbocycles. The largest absolute Gasteiger partial charge is 0.371 e. The van der Waals surface area contributed by atoms with Crippen molar-refractivity contribution >= 4 is 58.2 Å². The summed E-state index contributed by atoms with van der Waals surface area (Å²) in [6.07, 6.45) is 3.54. The van der Waals surface area contributed by atoms with Gasteiger partial charge in [0.05, 0.1) is 21.7 Å². The molecule has 13 nitrogen and oxygen atoms in total. The van der Waals surface area contributed by atoms with Crippen LogP contribution >= 0.6 is 11.6 Å². The molecule has 6 aliphatic heterocycles. The Morgan fingerprint density at radius 2 is 1.51 bits per heavy atom. The van der Waals surface area contributed by atoms with Crippen molar-refractivity contribution in [2.24, 2.45) is 5.41 Å². The molecule has 6 heterocycles. The summed E-state index contributed by atoms with van der Waals surface area (Å²) < 4.78 is 0. The van der Waals surface area contributed by atoms with E-state index in [9.17, 15) is 29.2 Å². The molecular formula is C43H45ClN8O5. The van der Waals surface area contributed by atoms with Crippen LogP contribution in [0.5, 0.6) is 0 Å². The Hall–Kier alpha value is -5.45. The maximum absolute atomic E-state index is 13.6. The summed E-state index contributed by atoms with van der Waals surface area (Å²) in [6, 6.07) is 21.0. The summed E-state index contributed by atoms with van der Waals surface area (Å²) >= 11 is 6.37. The van der Waals surface area contributed by atoms with E-state index in [0.29, 0.717) is 41.3 Å². The van der Waals surface area contributed by atoms with Crippen LogP contribution < -0.4 is 20.0 Å². The Bertz CT molecular complexity index is 2200. The summed E-state index contributed by atoms with van der Waals surface area (Å²) in [6.45, 7) is 9.61. The lowest BCUT2D eigenvalue weighted by atomic mass is 9.76. The zero-order chi connectivity index (χ0) is 39.6. The highest BCUT2D eigenvalue weighted by Crippen LogP contribution is 2.46. The van der Waals surface area contributed by atoms with Gasteiger partial charge in [-0.25, -0.2) is 0 Å². The number of carbonyl (C=O) groups excluding carboxylic acids is 5. The smallest absolute Gasteiger partial charge is 0.262 e. The molecule has 6 aliphatic rings. The maximum atomic E-state index is 13.6. The van der Waals surface area contributed by atoms with Crippen molar-refractivity contribution < 1.29 is 24.0 Å². The molecular weight excluding hydrogens is 744 g/mol. The van der Waals surface area contributed by atoms with Crippen LogP contribution in [0.1, 0.15) is 75.7 Å². The molecule has 57 heavy (non-hydrogen) atoms. The topological polar surface area (TPSA) is 141 Å². The van der Waals surface area contributed by atoms with Crippen molar-refractivity contribution in [1.29, 1.82) is 5.26 Å². The molecule has 0 radical (unpaired) electrons. The van der Waals surface area contributed by atoms with Gasteiger partial charge in [-0.05, 0) is 98.7 Å². The molecule has 5 amide bonds. The van der Waals surface area contributed by atoms with Crippen molar-refractivity contribution in [3.8, 4) is 6.07 Å². The van der Waals surface area contributed by atoms with E-state index in [-0.39, 0.29) is 35.3 Å². The van der Waals surface area contributed by atoms with Crippen molar-refractivity contribution in [3.63, 3.8) is 0 Å². The van der Waals surface area contributed by atoms with E-state index < -0.39 is 29.7 Å². The lowest BCUT2D eigenvalue weighted by molar-refractivity contribution is -0.136. The van der Waals surface area contributed by atoms with E-state index >= 15 is 0 Å². The molecule has 0 aromatic heterocycles. The number of nitrogens with zero attached hydrogens (tertiary/aromatic N) is 7. The third kappa shape index (κ3) is 6.68.